The largest absolute Gasteiger partial charge is 0.291 e. The maximum absolute atomic E-state index is 5.20. The summed E-state index contributed by atoms with van der Waals surface area (Å²) in [7, 11) is 0. The lowest BCUT2D eigenvalue weighted by atomic mass is 9.82. The molecule has 0 unspecified atom stereocenters. The minimum Gasteiger partial charge on any atom is -0.291 e. The fourth-order valence-corrected chi connectivity index (χ4v) is 5.90. The summed E-state index contributed by atoms with van der Waals surface area (Å²) < 4.78 is 4.31. The summed E-state index contributed by atoms with van der Waals surface area (Å²) in [5, 5.41) is 0. The summed E-state index contributed by atoms with van der Waals surface area (Å²) in [4.78, 5) is 5.20. The molecule has 0 radical (unpaired) electrons. The first kappa shape index (κ1) is 21.8. The predicted octanol–water partition coefficient (Wildman–Crippen LogP) is 8.08. The molecule has 1 aliphatic carbocycles. The van der Waals surface area contributed by atoms with Gasteiger partial charge in [-0.1, -0.05) is 109 Å². The molecule has 0 atom stereocenters. The number of para-hydroxylation sites is 2. The van der Waals surface area contributed by atoms with Crippen LogP contribution in [0.5, 0.6) is 0 Å². The zero-order valence-electron chi connectivity index (χ0n) is 21.1. The topological polar surface area (TPSA) is 21.7 Å². The van der Waals surface area contributed by atoms with Crippen molar-refractivity contribution in [1.29, 1.82) is 0 Å². The Balaban J connectivity index is 1.59. The molecule has 0 spiro atoms. The highest BCUT2D eigenvalue weighted by Gasteiger charge is 2.27. The Morgan fingerprint density at radius 3 is 1.64 bits per heavy atom. The maximum Gasteiger partial charge on any atom is 0.269 e. The Bertz CT molecular complexity index is 2000. The van der Waals surface area contributed by atoms with Crippen LogP contribution in [0.1, 0.15) is 0 Å². The van der Waals surface area contributed by atoms with Crippen molar-refractivity contribution in [2.24, 2.45) is 0 Å². The molecule has 3 heteroatoms. The molecule has 0 bridgehead atoms. The normalized spacial score (nSPS) is 11.6. The number of rotatable bonds is 2. The Hall–Kier alpha value is -5.28. The quantitative estimate of drug-likeness (QED) is 0.175. The minimum atomic E-state index is 0.976. The molecule has 0 aliphatic heterocycles. The summed E-state index contributed by atoms with van der Waals surface area (Å²) in [5.74, 6) is 0. The zero-order valence-corrected chi connectivity index (χ0v) is 21.1. The van der Waals surface area contributed by atoms with Crippen LogP contribution in [0, 0.1) is 6.33 Å². The van der Waals surface area contributed by atoms with Crippen molar-refractivity contribution >= 4 is 11.0 Å². The van der Waals surface area contributed by atoms with Crippen molar-refractivity contribution in [3.63, 3.8) is 0 Å². The number of aromatic nitrogens is 3. The van der Waals surface area contributed by atoms with Crippen LogP contribution in [0.15, 0.2) is 140 Å². The number of pyridine rings is 1. The monoisotopic (exact) mass is 497 g/mol. The van der Waals surface area contributed by atoms with Crippen molar-refractivity contribution in [2.45, 2.75) is 0 Å². The molecule has 0 saturated carbocycles. The average Bonchev–Trinajstić information content (AvgIpc) is 3.41. The van der Waals surface area contributed by atoms with Gasteiger partial charge in [0.2, 0.25) is 0 Å². The zero-order chi connectivity index (χ0) is 25.8. The fraction of sp³-hybridized carbons (Fsp3) is 0. The molecule has 39 heavy (non-hydrogen) atoms. The van der Waals surface area contributed by atoms with E-state index in [-0.39, 0.29) is 0 Å². The average molecular weight is 498 g/mol. The van der Waals surface area contributed by atoms with Gasteiger partial charge in [0.1, 0.15) is 5.52 Å². The number of nitrogens with zero attached hydrogens (tertiary/aromatic N) is 3. The molecule has 5 aromatic carbocycles. The highest BCUT2D eigenvalue weighted by molar-refractivity contribution is 6.08. The molecule has 0 amide bonds. The predicted molar refractivity (Wildman–Crippen MR) is 157 cm³/mol. The summed E-state index contributed by atoms with van der Waals surface area (Å²) >= 11 is 0. The van der Waals surface area contributed by atoms with Crippen molar-refractivity contribution < 1.29 is 4.57 Å². The Kier molecular flexibility index (Phi) is 4.82. The van der Waals surface area contributed by atoms with Crippen molar-refractivity contribution in [2.75, 3.05) is 0 Å². The van der Waals surface area contributed by atoms with Gasteiger partial charge in [-0.05, 0) is 52.1 Å². The van der Waals surface area contributed by atoms with Crippen LogP contribution in [0.25, 0.3) is 67.0 Å². The third-order valence-electron chi connectivity index (χ3n) is 7.61. The summed E-state index contributed by atoms with van der Waals surface area (Å²) in [6.07, 6.45) is 5.68. The highest BCUT2D eigenvalue weighted by atomic mass is 15.1. The molecular weight excluding hydrogens is 474 g/mol. The van der Waals surface area contributed by atoms with Gasteiger partial charge in [-0.25, -0.2) is 0 Å². The maximum atomic E-state index is 5.20. The second-order valence-corrected chi connectivity index (χ2v) is 9.79. The molecule has 0 fully saturated rings. The van der Waals surface area contributed by atoms with Crippen LogP contribution in [0.3, 0.4) is 0 Å². The number of hydrogen-bond donors (Lipinski definition) is 0. The highest BCUT2D eigenvalue weighted by Crippen LogP contribution is 2.48. The number of benzene rings is 5. The van der Waals surface area contributed by atoms with Crippen LogP contribution in [-0.2, 0) is 0 Å². The summed E-state index contributed by atoms with van der Waals surface area (Å²) in [5.41, 5.74) is 13.4. The molecule has 7 aromatic rings. The molecule has 2 heterocycles. The number of fused-ring (bicyclic) bond motifs is 10. The Labute approximate surface area is 226 Å². The summed E-state index contributed by atoms with van der Waals surface area (Å²) in [6.45, 7) is 0. The molecular formula is C36H23N3. The van der Waals surface area contributed by atoms with E-state index in [0.717, 1.165) is 44.8 Å². The van der Waals surface area contributed by atoms with Gasteiger partial charge in [-0.15, -0.1) is 0 Å². The summed E-state index contributed by atoms with van der Waals surface area (Å²) in [6, 6.07) is 46.9. The van der Waals surface area contributed by atoms with E-state index in [1.165, 1.54) is 22.3 Å². The molecule has 1 aliphatic rings. The van der Waals surface area contributed by atoms with E-state index in [0.29, 0.717) is 0 Å². The molecule has 8 rings (SSSR count). The lowest BCUT2D eigenvalue weighted by Gasteiger charge is -2.23. The van der Waals surface area contributed by atoms with Crippen molar-refractivity contribution in [3.05, 3.63) is 146 Å². The lowest BCUT2D eigenvalue weighted by molar-refractivity contribution is -0.572. The van der Waals surface area contributed by atoms with E-state index < -0.39 is 0 Å². The van der Waals surface area contributed by atoms with Crippen molar-refractivity contribution in [3.8, 4) is 56.0 Å². The SMILES string of the molecule is [c-]1n(-c2ccccc2)c2cnc3c(c2[n+]1-c1ccccc1)-c1ccccc1-c1ccccc1-c1ccccc1-3. The third-order valence-corrected chi connectivity index (χ3v) is 7.61. The standard InChI is InChI=1S/C36H23N3/c1-3-13-25(14-4-1)38-24-39(26-15-5-2-6-16-26)36-33(38)23-37-35-32-22-12-10-20-30(32)28-18-8-7-17-27(28)29-19-9-11-21-31(29)34(35)36/h1-23H. The molecule has 182 valence electrons. The van der Waals surface area contributed by atoms with Gasteiger partial charge in [0.15, 0.2) is 0 Å². The van der Waals surface area contributed by atoms with E-state index in [1.54, 1.807) is 0 Å². The van der Waals surface area contributed by atoms with Crippen LogP contribution >= 0.6 is 0 Å². The first-order valence-electron chi connectivity index (χ1n) is 13.2. The van der Waals surface area contributed by atoms with Gasteiger partial charge in [-0.3, -0.25) is 14.1 Å². The second-order valence-electron chi connectivity index (χ2n) is 9.79. The molecule has 3 nitrogen and oxygen atoms in total. The van der Waals surface area contributed by atoms with Crippen LogP contribution in [0.2, 0.25) is 0 Å². The molecule has 2 aromatic heterocycles. The van der Waals surface area contributed by atoms with Gasteiger partial charge < -0.3 is 0 Å². The Morgan fingerprint density at radius 2 is 1.00 bits per heavy atom. The van der Waals surface area contributed by atoms with E-state index in [2.05, 4.69) is 143 Å². The van der Waals surface area contributed by atoms with E-state index in [9.17, 15) is 0 Å². The van der Waals surface area contributed by atoms with E-state index in [4.69, 9.17) is 4.98 Å². The number of imidazole rings is 1. The van der Waals surface area contributed by atoms with E-state index >= 15 is 0 Å². The third kappa shape index (κ3) is 3.30. The van der Waals surface area contributed by atoms with Crippen LogP contribution in [0.4, 0.5) is 0 Å². The molecule has 0 N–H and O–H groups in total. The minimum absolute atomic E-state index is 0.976. The first-order valence-corrected chi connectivity index (χ1v) is 13.2. The van der Waals surface area contributed by atoms with Gasteiger partial charge in [0.05, 0.1) is 22.6 Å². The van der Waals surface area contributed by atoms with Gasteiger partial charge in [0, 0.05) is 17.3 Å². The second kappa shape index (κ2) is 8.64. The molecule has 0 saturated heterocycles. The Morgan fingerprint density at radius 1 is 0.513 bits per heavy atom. The lowest BCUT2D eigenvalue weighted by Crippen LogP contribution is -2.30. The fourth-order valence-electron chi connectivity index (χ4n) is 5.90. The smallest absolute Gasteiger partial charge is 0.269 e. The van der Waals surface area contributed by atoms with Crippen molar-refractivity contribution in [1.82, 2.24) is 9.55 Å². The van der Waals surface area contributed by atoms with Gasteiger partial charge in [0.25, 0.3) is 6.33 Å². The van der Waals surface area contributed by atoms with Crippen LogP contribution in [-0.4, -0.2) is 9.55 Å². The van der Waals surface area contributed by atoms with Crippen LogP contribution < -0.4 is 4.57 Å². The number of hydrogen-bond acceptors (Lipinski definition) is 1. The van der Waals surface area contributed by atoms with Gasteiger partial charge in [-0.2, -0.15) is 0 Å². The van der Waals surface area contributed by atoms with E-state index in [1.807, 2.05) is 12.3 Å². The van der Waals surface area contributed by atoms with Gasteiger partial charge >= 0.3 is 0 Å². The first-order chi connectivity index (χ1) is 19.4.